The van der Waals surface area contributed by atoms with Gasteiger partial charge in [0.15, 0.2) is 11.6 Å². The highest BCUT2D eigenvalue weighted by molar-refractivity contribution is 5.85. The standard InChI is InChI=1S/C13H17F3N2.2ClH/c1-2-12(18-5-3-17-4-6-18)10-7-9(14)8-11(15)13(10)16;;/h7-8,12,17H,2-6H2,1H3;2*1H/t12-;;/m1../s1. The van der Waals surface area contributed by atoms with Gasteiger partial charge in [-0.3, -0.25) is 4.90 Å². The first-order valence-corrected chi connectivity index (χ1v) is 6.22. The molecular formula is C13H19Cl2F3N2. The van der Waals surface area contributed by atoms with Crippen molar-refractivity contribution >= 4 is 24.8 Å². The number of hydrogen-bond acceptors (Lipinski definition) is 2. The molecule has 7 heteroatoms. The van der Waals surface area contributed by atoms with Crippen molar-refractivity contribution in [3.05, 3.63) is 35.1 Å². The Morgan fingerprint density at radius 2 is 1.75 bits per heavy atom. The molecule has 0 aliphatic carbocycles. The summed E-state index contributed by atoms with van der Waals surface area (Å²) in [6.45, 7) is 5.05. The Bertz CT molecular complexity index is 426. The molecule has 1 aromatic carbocycles. The normalized spacial score (nSPS) is 17.0. The maximum atomic E-state index is 13.8. The second-order valence-electron chi connectivity index (χ2n) is 4.50. The van der Waals surface area contributed by atoms with Gasteiger partial charge in [0.05, 0.1) is 0 Å². The van der Waals surface area contributed by atoms with Crippen LogP contribution in [-0.4, -0.2) is 31.1 Å². The van der Waals surface area contributed by atoms with Gasteiger partial charge in [0.1, 0.15) is 5.82 Å². The van der Waals surface area contributed by atoms with E-state index in [1.165, 1.54) is 0 Å². The van der Waals surface area contributed by atoms with E-state index in [0.29, 0.717) is 12.5 Å². The number of benzene rings is 1. The van der Waals surface area contributed by atoms with Crippen molar-refractivity contribution in [2.75, 3.05) is 26.2 Å². The average Bonchev–Trinajstić information content (AvgIpc) is 2.37. The SMILES string of the molecule is CC[C@H](c1cc(F)cc(F)c1F)N1CCNCC1.Cl.Cl. The second-order valence-corrected chi connectivity index (χ2v) is 4.50. The van der Waals surface area contributed by atoms with Crippen LogP contribution in [0.3, 0.4) is 0 Å². The van der Waals surface area contributed by atoms with E-state index in [1.807, 2.05) is 6.92 Å². The summed E-state index contributed by atoms with van der Waals surface area (Å²) in [7, 11) is 0. The van der Waals surface area contributed by atoms with Crippen molar-refractivity contribution < 1.29 is 13.2 Å². The van der Waals surface area contributed by atoms with E-state index in [9.17, 15) is 13.2 Å². The van der Waals surface area contributed by atoms with Crippen LogP contribution < -0.4 is 5.32 Å². The Balaban J connectivity index is 0.00000180. The van der Waals surface area contributed by atoms with Gasteiger partial charge < -0.3 is 5.32 Å². The van der Waals surface area contributed by atoms with E-state index >= 15 is 0 Å². The average molecular weight is 331 g/mol. The lowest BCUT2D eigenvalue weighted by molar-refractivity contribution is 0.165. The van der Waals surface area contributed by atoms with Crippen molar-refractivity contribution in [3.63, 3.8) is 0 Å². The van der Waals surface area contributed by atoms with Crippen molar-refractivity contribution in [1.82, 2.24) is 10.2 Å². The lowest BCUT2D eigenvalue weighted by atomic mass is 10.0. The summed E-state index contributed by atoms with van der Waals surface area (Å²) in [5.41, 5.74) is 0.122. The molecule has 0 saturated carbocycles. The van der Waals surface area contributed by atoms with Crippen LogP contribution in [0.5, 0.6) is 0 Å². The Morgan fingerprint density at radius 3 is 2.30 bits per heavy atom. The van der Waals surface area contributed by atoms with Crippen LogP contribution in [0.1, 0.15) is 24.9 Å². The summed E-state index contributed by atoms with van der Waals surface area (Å²) >= 11 is 0. The van der Waals surface area contributed by atoms with Gasteiger partial charge in [-0.15, -0.1) is 24.8 Å². The van der Waals surface area contributed by atoms with E-state index < -0.39 is 17.5 Å². The zero-order valence-electron chi connectivity index (χ0n) is 11.2. The highest BCUT2D eigenvalue weighted by Crippen LogP contribution is 2.28. The molecule has 1 aliphatic rings. The van der Waals surface area contributed by atoms with E-state index in [2.05, 4.69) is 10.2 Å². The molecule has 0 spiro atoms. The molecule has 0 unspecified atom stereocenters. The number of piperazine rings is 1. The number of nitrogens with zero attached hydrogens (tertiary/aromatic N) is 1. The topological polar surface area (TPSA) is 15.3 Å². The summed E-state index contributed by atoms with van der Waals surface area (Å²) in [6, 6.07) is 1.43. The van der Waals surface area contributed by atoms with Crippen molar-refractivity contribution in [1.29, 1.82) is 0 Å². The molecule has 0 bridgehead atoms. The van der Waals surface area contributed by atoms with Gasteiger partial charge in [-0.25, -0.2) is 13.2 Å². The highest BCUT2D eigenvalue weighted by Gasteiger charge is 2.25. The van der Waals surface area contributed by atoms with Crippen molar-refractivity contribution in [3.8, 4) is 0 Å². The summed E-state index contributed by atoms with van der Waals surface area (Å²) in [6.07, 6.45) is 0.625. The summed E-state index contributed by atoms with van der Waals surface area (Å²) in [5.74, 6) is -2.77. The smallest absolute Gasteiger partial charge is 0.163 e. The van der Waals surface area contributed by atoms with E-state index in [1.54, 1.807) is 0 Å². The Kier molecular flexibility index (Phi) is 8.51. The minimum Gasteiger partial charge on any atom is -0.314 e. The zero-order valence-corrected chi connectivity index (χ0v) is 12.8. The van der Waals surface area contributed by atoms with Crippen LogP contribution in [0.25, 0.3) is 0 Å². The third-order valence-electron chi connectivity index (χ3n) is 3.36. The predicted octanol–water partition coefficient (Wildman–Crippen LogP) is 3.30. The fourth-order valence-corrected chi connectivity index (χ4v) is 2.49. The highest BCUT2D eigenvalue weighted by atomic mass is 35.5. The van der Waals surface area contributed by atoms with E-state index in [4.69, 9.17) is 0 Å². The third kappa shape index (κ3) is 4.25. The number of nitrogens with one attached hydrogen (secondary N) is 1. The van der Waals surface area contributed by atoms with E-state index in [-0.39, 0.29) is 36.4 Å². The molecular weight excluding hydrogens is 312 g/mol. The number of rotatable bonds is 3. The number of halogens is 5. The van der Waals surface area contributed by atoms with Gasteiger partial charge in [-0.05, 0) is 12.5 Å². The maximum absolute atomic E-state index is 13.8. The van der Waals surface area contributed by atoms with Gasteiger partial charge in [0, 0.05) is 43.9 Å². The minimum absolute atomic E-state index is 0. The molecule has 1 saturated heterocycles. The van der Waals surface area contributed by atoms with Crippen LogP contribution in [-0.2, 0) is 0 Å². The van der Waals surface area contributed by atoms with Gasteiger partial charge in [0.2, 0.25) is 0 Å². The van der Waals surface area contributed by atoms with E-state index in [0.717, 1.165) is 32.2 Å². The van der Waals surface area contributed by atoms with Crippen LogP contribution in [0.4, 0.5) is 13.2 Å². The lowest BCUT2D eigenvalue weighted by Crippen LogP contribution is -2.45. The minimum atomic E-state index is -1.11. The molecule has 116 valence electrons. The van der Waals surface area contributed by atoms with Crippen molar-refractivity contribution in [2.45, 2.75) is 19.4 Å². The maximum Gasteiger partial charge on any atom is 0.163 e. The Hall–Kier alpha value is -0.490. The first-order valence-electron chi connectivity index (χ1n) is 6.22. The van der Waals surface area contributed by atoms with Crippen molar-refractivity contribution in [2.24, 2.45) is 0 Å². The molecule has 1 heterocycles. The Labute approximate surface area is 129 Å². The van der Waals surface area contributed by atoms with Gasteiger partial charge >= 0.3 is 0 Å². The molecule has 1 aromatic rings. The molecule has 0 radical (unpaired) electrons. The van der Waals surface area contributed by atoms with Crippen LogP contribution >= 0.6 is 24.8 Å². The fraction of sp³-hybridized carbons (Fsp3) is 0.538. The van der Waals surface area contributed by atoms with Crippen LogP contribution in [0.15, 0.2) is 12.1 Å². The monoisotopic (exact) mass is 330 g/mol. The molecule has 20 heavy (non-hydrogen) atoms. The molecule has 0 aromatic heterocycles. The lowest BCUT2D eigenvalue weighted by Gasteiger charge is -2.34. The first-order chi connectivity index (χ1) is 8.63. The quantitative estimate of drug-likeness (QED) is 0.855. The molecule has 1 fully saturated rings. The predicted molar refractivity (Wildman–Crippen MR) is 78.3 cm³/mol. The fourth-order valence-electron chi connectivity index (χ4n) is 2.49. The molecule has 1 aliphatic heterocycles. The van der Waals surface area contributed by atoms with Crippen LogP contribution in [0.2, 0.25) is 0 Å². The second kappa shape index (κ2) is 8.72. The molecule has 1 N–H and O–H groups in total. The zero-order chi connectivity index (χ0) is 13.1. The Morgan fingerprint density at radius 1 is 1.15 bits per heavy atom. The summed E-state index contributed by atoms with van der Waals surface area (Å²) in [5, 5.41) is 3.20. The molecule has 2 rings (SSSR count). The molecule has 0 amide bonds. The third-order valence-corrected chi connectivity index (χ3v) is 3.36. The van der Waals surface area contributed by atoms with Crippen LogP contribution in [0, 0.1) is 17.5 Å². The first kappa shape index (κ1) is 19.5. The largest absolute Gasteiger partial charge is 0.314 e. The van der Waals surface area contributed by atoms with Gasteiger partial charge in [-0.1, -0.05) is 6.92 Å². The summed E-state index contributed by atoms with van der Waals surface area (Å²) < 4.78 is 40.3. The molecule has 1 atom stereocenters. The number of hydrogen-bond donors (Lipinski definition) is 1. The molecule has 2 nitrogen and oxygen atoms in total. The van der Waals surface area contributed by atoms with Gasteiger partial charge in [0.25, 0.3) is 0 Å². The van der Waals surface area contributed by atoms with Gasteiger partial charge in [-0.2, -0.15) is 0 Å². The summed E-state index contributed by atoms with van der Waals surface area (Å²) in [4.78, 5) is 2.06.